The number of nitrogens with zero attached hydrogens (tertiary/aromatic N) is 1. The van der Waals surface area contributed by atoms with Crippen LogP contribution >= 0.6 is 15.9 Å². The molecule has 0 radical (unpaired) electrons. The Morgan fingerprint density at radius 1 is 1.44 bits per heavy atom. The fourth-order valence-corrected chi connectivity index (χ4v) is 2.61. The van der Waals surface area contributed by atoms with Crippen LogP contribution in [0.25, 0.3) is 0 Å². The molecule has 2 rings (SSSR count). The summed E-state index contributed by atoms with van der Waals surface area (Å²) in [5, 5.41) is 3.45. The van der Waals surface area contributed by atoms with Crippen LogP contribution in [0.4, 0.5) is 0 Å². The van der Waals surface area contributed by atoms with Crippen LogP contribution in [-0.2, 0) is 6.54 Å². The molecule has 0 aromatic heterocycles. The molecule has 0 aliphatic carbocycles. The molecular formula is C13H19BrN2. The lowest BCUT2D eigenvalue weighted by molar-refractivity contribution is 0.211. The van der Waals surface area contributed by atoms with E-state index in [1.54, 1.807) is 0 Å². The maximum atomic E-state index is 3.53. The average Bonchev–Trinajstić information content (AvgIpc) is 2.45. The Hall–Kier alpha value is -0.380. The van der Waals surface area contributed by atoms with Crippen molar-refractivity contribution in [3.05, 3.63) is 34.3 Å². The molecule has 1 saturated heterocycles. The van der Waals surface area contributed by atoms with Crippen molar-refractivity contribution in [2.45, 2.75) is 25.9 Å². The molecule has 16 heavy (non-hydrogen) atoms. The average molecular weight is 283 g/mol. The molecule has 2 nitrogen and oxygen atoms in total. The first-order chi connectivity index (χ1) is 7.75. The van der Waals surface area contributed by atoms with Crippen LogP contribution in [0.2, 0.25) is 0 Å². The Balaban J connectivity index is 2.02. The van der Waals surface area contributed by atoms with E-state index in [9.17, 15) is 0 Å². The molecule has 1 N–H and O–H groups in total. The van der Waals surface area contributed by atoms with Crippen LogP contribution in [0.15, 0.2) is 28.7 Å². The number of halogens is 1. The van der Waals surface area contributed by atoms with Crippen molar-refractivity contribution in [3.63, 3.8) is 0 Å². The molecule has 1 unspecified atom stereocenters. The van der Waals surface area contributed by atoms with Crippen molar-refractivity contribution in [3.8, 4) is 0 Å². The quantitative estimate of drug-likeness (QED) is 0.897. The fraction of sp³-hybridized carbons (Fsp3) is 0.538. The van der Waals surface area contributed by atoms with Gasteiger partial charge in [0.1, 0.15) is 0 Å². The van der Waals surface area contributed by atoms with E-state index < -0.39 is 0 Å². The van der Waals surface area contributed by atoms with Gasteiger partial charge >= 0.3 is 0 Å². The van der Waals surface area contributed by atoms with Crippen LogP contribution in [0.1, 0.15) is 18.9 Å². The largest absolute Gasteiger partial charge is 0.315 e. The summed E-state index contributed by atoms with van der Waals surface area (Å²) in [6, 6.07) is 9.28. The molecule has 0 spiro atoms. The van der Waals surface area contributed by atoms with Gasteiger partial charge in [0.25, 0.3) is 0 Å². The standard InChI is InChI=1S/C13H19BrN2/c1-11-5-6-15-7-8-16(11)10-12-3-2-4-13(14)9-12/h2-4,9,11,15H,5-8,10H2,1H3. The van der Waals surface area contributed by atoms with Gasteiger partial charge in [0.05, 0.1) is 0 Å². The topological polar surface area (TPSA) is 15.3 Å². The van der Waals surface area contributed by atoms with Gasteiger partial charge in [0.2, 0.25) is 0 Å². The molecule has 1 aromatic rings. The summed E-state index contributed by atoms with van der Waals surface area (Å²) in [4.78, 5) is 2.56. The number of hydrogen-bond acceptors (Lipinski definition) is 2. The lowest BCUT2D eigenvalue weighted by atomic mass is 10.1. The van der Waals surface area contributed by atoms with E-state index in [1.807, 2.05) is 0 Å². The first-order valence-electron chi connectivity index (χ1n) is 5.95. The van der Waals surface area contributed by atoms with Gasteiger partial charge in [-0.15, -0.1) is 0 Å². The Bertz CT molecular complexity index is 340. The van der Waals surface area contributed by atoms with Crippen molar-refractivity contribution in [1.29, 1.82) is 0 Å². The number of benzene rings is 1. The van der Waals surface area contributed by atoms with Gasteiger partial charge in [0.15, 0.2) is 0 Å². The normalized spacial score (nSPS) is 23.0. The minimum Gasteiger partial charge on any atom is -0.315 e. The molecule has 1 heterocycles. The third kappa shape index (κ3) is 3.30. The Kier molecular flexibility index (Phi) is 4.38. The summed E-state index contributed by atoms with van der Waals surface area (Å²) >= 11 is 3.53. The van der Waals surface area contributed by atoms with Gasteiger partial charge in [0, 0.05) is 30.1 Å². The predicted molar refractivity (Wildman–Crippen MR) is 71.5 cm³/mol. The van der Waals surface area contributed by atoms with E-state index in [0.717, 1.165) is 26.2 Å². The van der Waals surface area contributed by atoms with E-state index in [4.69, 9.17) is 0 Å². The van der Waals surface area contributed by atoms with E-state index in [1.165, 1.54) is 16.5 Å². The van der Waals surface area contributed by atoms with Crippen molar-refractivity contribution in [1.82, 2.24) is 10.2 Å². The minimum atomic E-state index is 0.675. The Morgan fingerprint density at radius 2 is 2.31 bits per heavy atom. The monoisotopic (exact) mass is 282 g/mol. The van der Waals surface area contributed by atoms with Crippen LogP contribution in [-0.4, -0.2) is 30.6 Å². The molecule has 3 heteroatoms. The maximum Gasteiger partial charge on any atom is 0.0237 e. The zero-order valence-corrected chi connectivity index (χ0v) is 11.3. The van der Waals surface area contributed by atoms with E-state index >= 15 is 0 Å². The minimum absolute atomic E-state index is 0.675. The highest BCUT2D eigenvalue weighted by Gasteiger charge is 2.16. The smallest absolute Gasteiger partial charge is 0.0237 e. The molecule has 1 atom stereocenters. The second kappa shape index (κ2) is 5.80. The molecule has 1 aliphatic rings. The second-order valence-electron chi connectivity index (χ2n) is 4.49. The van der Waals surface area contributed by atoms with Gasteiger partial charge in [-0.3, -0.25) is 4.90 Å². The maximum absolute atomic E-state index is 3.53. The molecule has 88 valence electrons. The summed E-state index contributed by atoms with van der Waals surface area (Å²) in [6.45, 7) is 6.79. The first kappa shape index (κ1) is 12.1. The third-order valence-electron chi connectivity index (χ3n) is 3.21. The molecule has 1 aromatic carbocycles. The van der Waals surface area contributed by atoms with Crippen LogP contribution < -0.4 is 5.32 Å². The van der Waals surface area contributed by atoms with E-state index in [0.29, 0.717) is 6.04 Å². The van der Waals surface area contributed by atoms with Crippen molar-refractivity contribution in [2.24, 2.45) is 0 Å². The highest BCUT2D eigenvalue weighted by molar-refractivity contribution is 9.10. The lowest BCUT2D eigenvalue weighted by Gasteiger charge is -2.26. The van der Waals surface area contributed by atoms with Gasteiger partial charge < -0.3 is 5.32 Å². The number of hydrogen-bond donors (Lipinski definition) is 1. The number of nitrogens with one attached hydrogen (secondary N) is 1. The van der Waals surface area contributed by atoms with Crippen molar-refractivity contribution in [2.75, 3.05) is 19.6 Å². The summed E-state index contributed by atoms with van der Waals surface area (Å²) in [5.41, 5.74) is 1.39. The molecular weight excluding hydrogens is 264 g/mol. The highest BCUT2D eigenvalue weighted by Crippen LogP contribution is 2.16. The van der Waals surface area contributed by atoms with E-state index in [2.05, 4.69) is 57.3 Å². The van der Waals surface area contributed by atoms with Gasteiger partial charge in [-0.1, -0.05) is 28.1 Å². The third-order valence-corrected chi connectivity index (χ3v) is 3.71. The molecule has 0 saturated carbocycles. The van der Waals surface area contributed by atoms with Crippen molar-refractivity contribution >= 4 is 15.9 Å². The predicted octanol–water partition coefficient (Wildman–Crippen LogP) is 2.63. The molecule has 0 amide bonds. The fourth-order valence-electron chi connectivity index (χ4n) is 2.17. The lowest BCUT2D eigenvalue weighted by Crippen LogP contribution is -2.33. The first-order valence-corrected chi connectivity index (χ1v) is 6.74. The Labute approximate surface area is 106 Å². The zero-order chi connectivity index (χ0) is 11.4. The highest BCUT2D eigenvalue weighted by atomic mass is 79.9. The van der Waals surface area contributed by atoms with Crippen LogP contribution in [0.3, 0.4) is 0 Å². The number of rotatable bonds is 2. The van der Waals surface area contributed by atoms with Crippen molar-refractivity contribution < 1.29 is 0 Å². The van der Waals surface area contributed by atoms with Gasteiger partial charge in [-0.25, -0.2) is 0 Å². The second-order valence-corrected chi connectivity index (χ2v) is 5.40. The zero-order valence-electron chi connectivity index (χ0n) is 9.75. The molecule has 0 bridgehead atoms. The van der Waals surface area contributed by atoms with E-state index in [-0.39, 0.29) is 0 Å². The van der Waals surface area contributed by atoms with Gasteiger partial charge in [-0.05, 0) is 37.6 Å². The summed E-state index contributed by atoms with van der Waals surface area (Å²) < 4.78 is 1.17. The Morgan fingerprint density at radius 3 is 3.12 bits per heavy atom. The molecule has 1 fully saturated rings. The van der Waals surface area contributed by atoms with Gasteiger partial charge in [-0.2, -0.15) is 0 Å². The van der Waals surface area contributed by atoms with Crippen LogP contribution in [0.5, 0.6) is 0 Å². The molecule has 1 aliphatic heterocycles. The van der Waals surface area contributed by atoms with Crippen LogP contribution in [0, 0.1) is 0 Å². The summed E-state index contributed by atoms with van der Waals surface area (Å²) in [5.74, 6) is 0. The summed E-state index contributed by atoms with van der Waals surface area (Å²) in [7, 11) is 0. The summed E-state index contributed by atoms with van der Waals surface area (Å²) in [6.07, 6.45) is 1.24. The SMILES string of the molecule is CC1CCNCCN1Cc1cccc(Br)c1.